The van der Waals surface area contributed by atoms with Gasteiger partial charge in [-0.2, -0.15) is 5.10 Å². The molecule has 0 bridgehead atoms. The van der Waals surface area contributed by atoms with E-state index in [0.29, 0.717) is 5.69 Å². The lowest BCUT2D eigenvalue weighted by Gasteiger charge is -2.34. The van der Waals surface area contributed by atoms with Crippen molar-refractivity contribution >= 4 is 5.91 Å². The number of ether oxygens (including phenoxy) is 1. The third kappa shape index (κ3) is 2.98. The molecule has 0 saturated carbocycles. The van der Waals surface area contributed by atoms with Crippen LogP contribution in [0.4, 0.5) is 0 Å². The lowest BCUT2D eigenvalue weighted by Crippen LogP contribution is -2.49. The largest absolute Gasteiger partial charge is 0.497 e. The molecule has 26 heavy (non-hydrogen) atoms. The molecule has 0 atom stereocenters. The number of carbonyl (C=O) groups excluding carboxylic acids is 1. The van der Waals surface area contributed by atoms with Gasteiger partial charge in [-0.1, -0.05) is 6.92 Å². The molecule has 0 spiro atoms. The second kappa shape index (κ2) is 7.11. The van der Waals surface area contributed by atoms with Gasteiger partial charge in [-0.05, 0) is 49.6 Å². The second-order valence-electron chi connectivity index (χ2n) is 7.08. The average molecular weight is 354 g/mol. The number of benzene rings is 1. The molecule has 0 radical (unpaired) electrons. The summed E-state index contributed by atoms with van der Waals surface area (Å²) < 4.78 is 5.32. The molecular formula is C20H26N4O2. The summed E-state index contributed by atoms with van der Waals surface area (Å²) in [5.74, 6) is 0.954. The van der Waals surface area contributed by atoms with Crippen molar-refractivity contribution in [1.82, 2.24) is 20.0 Å². The standard InChI is InChI=1S/C20H26N4O2/c1-3-8-23-9-11-24(12-10-23)20(25)19-17-6-4-14-13-15(26-2)5-7-16(14)18(17)21-22-19/h5,7,13H,3-4,6,8-12H2,1-2H3,(H,21,22). The Morgan fingerprint density at radius 3 is 2.77 bits per heavy atom. The van der Waals surface area contributed by atoms with Crippen molar-refractivity contribution in [1.29, 1.82) is 0 Å². The molecule has 0 unspecified atom stereocenters. The van der Waals surface area contributed by atoms with Crippen molar-refractivity contribution in [2.24, 2.45) is 0 Å². The number of nitrogens with zero attached hydrogens (tertiary/aromatic N) is 3. The fraction of sp³-hybridized carbons (Fsp3) is 0.500. The fourth-order valence-corrected chi connectivity index (χ4v) is 4.05. The monoisotopic (exact) mass is 354 g/mol. The molecule has 1 aromatic carbocycles. The fourth-order valence-electron chi connectivity index (χ4n) is 4.05. The van der Waals surface area contributed by atoms with E-state index in [9.17, 15) is 4.79 Å². The van der Waals surface area contributed by atoms with Crippen LogP contribution in [0.3, 0.4) is 0 Å². The second-order valence-corrected chi connectivity index (χ2v) is 7.08. The number of aromatic nitrogens is 2. The highest BCUT2D eigenvalue weighted by Gasteiger charge is 2.29. The van der Waals surface area contributed by atoms with Gasteiger partial charge in [0.2, 0.25) is 0 Å². The zero-order valence-electron chi connectivity index (χ0n) is 15.5. The van der Waals surface area contributed by atoms with Crippen molar-refractivity contribution in [3.05, 3.63) is 35.0 Å². The lowest BCUT2D eigenvalue weighted by atomic mass is 9.88. The van der Waals surface area contributed by atoms with Crippen molar-refractivity contribution in [3.63, 3.8) is 0 Å². The van der Waals surface area contributed by atoms with E-state index in [2.05, 4.69) is 28.1 Å². The van der Waals surface area contributed by atoms with Crippen LogP contribution < -0.4 is 4.74 Å². The zero-order valence-corrected chi connectivity index (χ0v) is 15.5. The Labute approximate surface area is 154 Å². The molecule has 1 aliphatic heterocycles. The number of rotatable bonds is 4. The van der Waals surface area contributed by atoms with Gasteiger partial charge in [0.1, 0.15) is 11.4 Å². The summed E-state index contributed by atoms with van der Waals surface area (Å²) in [4.78, 5) is 17.4. The number of hydrogen-bond donors (Lipinski definition) is 1. The van der Waals surface area contributed by atoms with Gasteiger partial charge in [0.15, 0.2) is 0 Å². The third-order valence-corrected chi connectivity index (χ3v) is 5.49. The number of nitrogens with one attached hydrogen (secondary N) is 1. The molecule has 1 amide bonds. The molecule has 1 saturated heterocycles. The first kappa shape index (κ1) is 17.1. The zero-order chi connectivity index (χ0) is 18.1. The predicted molar refractivity (Wildman–Crippen MR) is 101 cm³/mol. The Morgan fingerprint density at radius 2 is 2.04 bits per heavy atom. The van der Waals surface area contributed by atoms with Gasteiger partial charge in [-0.15, -0.1) is 0 Å². The molecule has 1 aromatic heterocycles. The van der Waals surface area contributed by atoms with E-state index in [0.717, 1.165) is 74.6 Å². The normalized spacial score (nSPS) is 16.9. The number of carbonyl (C=O) groups is 1. The highest BCUT2D eigenvalue weighted by Crippen LogP contribution is 2.35. The number of fused-ring (bicyclic) bond motifs is 3. The topological polar surface area (TPSA) is 61.5 Å². The van der Waals surface area contributed by atoms with Gasteiger partial charge in [-0.25, -0.2) is 0 Å². The van der Waals surface area contributed by atoms with Gasteiger partial charge in [0.25, 0.3) is 5.91 Å². The number of aromatic amines is 1. The van der Waals surface area contributed by atoms with E-state index in [1.165, 1.54) is 5.56 Å². The Morgan fingerprint density at radius 1 is 1.23 bits per heavy atom. The molecule has 1 fully saturated rings. The number of hydrogen-bond acceptors (Lipinski definition) is 4. The highest BCUT2D eigenvalue weighted by atomic mass is 16.5. The van der Waals surface area contributed by atoms with E-state index in [1.54, 1.807) is 7.11 Å². The van der Waals surface area contributed by atoms with Crippen molar-refractivity contribution in [3.8, 4) is 17.0 Å². The van der Waals surface area contributed by atoms with E-state index < -0.39 is 0 Å². The molecule has 2 heterocycles. The molecule has 1 aliphatic carbocycles. The summed E-state index contributed by atoms with van der Waals surface area (Å²) in [6.07, 6.45) is 2.90. The number of amides is 1. The Hall–Kier alpha value is -2.34. The SMILES string of the molecule is CCCN1CCN(C(=O)c2[nH]nc3c2CCc2cc(OC)ccc2-3)CC1. The molecule has 6 heteroatoms. The van der Waals surface area contributed by atoms with Crippen LogP contribution in [-0.2, 0) is 12.8 Å². The summed E-state index contributed by atoms with van der Waals surface area (Å²) in [6.45, 7) is 6.81. The minimum atomic E-state index is 0.0897. The molecule has 138 valence electrons. The molecule has 4 rings (SSSR count). The molecule has 2 aromatic rings. The van der Waals surface area contributed by atoms with Gasteiger partial charge >= 0.3 is 0 Å². The summed E-state index contributed by atoms with van der Waals surface area (Å²) in [7, 11) is 1.68. The molecular weight excluding hydrogens is 328 g/mol. The molecule has 1 N–H and O–H groups in total. The van der Waals surface area contributed by atoms with Crippen LogP contribution in [0.1, 0.15) is 35.0 Å². The molecule has 2 aliphatic rings. The Balaban J connectivity index is 1.55. The maximum atomic E-state index is 13.0. The van der Waals surface area contributed by atoms with Crippen LogP contribution in [0.25, 0.3) is 11.3 Å². The van der Waals surface area contributed by atoms with E-state index in [-0.39, 0.29) is 5.91 Å². The van der Waals surface area contributed by atoms with Crippen LogP contribution in [0.15, 0.2) is 18.2 Å². The minimum absolute atomic E-state index is 0.0897. The summed E-state index contributed by atoms with van der Waals surface area (Å²) >= 11 is 0. The van der Waals surface area contributed by atoms with Gasteiger partial charge in [0.05, 0.1) is 12.8 Å². The quantitative estimate of drug-likeness (QED) is 0.916. The van der Waals surface area contributed by atoms with Crippen molar-refractivity contribution in [2.45, 2.75) is 26.2 Å². The van der Waals surface area contributed by atoms with E-state index in [4.69, 9.17) is 4.74 Å². The van der Waals surface area contributed by atoms with Crippen LogP contribution in [0.5, 0.6) is 5.75 Å². The summed E-state index contributed by atoms with van der Waals surface area (Å²) in [5, 5.41) is 7.52. The first-order valence-electron chi connectivity index (χ1n) is 9.47. The minimum Gasteiger partial charge on any atom is -0.497 e. The number of piperazine rings is 1. The van der Waals surface area contributed by atoms with Gasteiger partial charge in [-0.3, -0.25) is 14.8 Å². The Kier molecular flexibility index (Phi) is 4.68. The highest BCUT2D eigenvalue weighted by molar-refractivity contribution is 5.96. The smallest absolute Gasteiger partial charge is 0.272 e. The summed E-state index contributed by atoms with van der Waals surface area (Å²) in [6, 6.07) is 6.07. The Bertz CT molecular complexity index is 806. The summed E-state index contributed by atoms with van der Waals surface area (Å²) in [5.41, 5.74) is 4.99. The first-order valence-corrected chi connectivity index (χ1v) is 9.47. The van der Waals surface area contributed by atoms with Gasteiger partial charge in [0, 0.05) is 37.3 Å². The van der Waals surface area contributed by atoms with Gasteiger partial charge < -0.3 is 9.64 Å². The number of H-pyrrole nitrogens is 1. The van der Waals surface area contributed by atoms with E-state index >= 15 is 0 Å². The number of aryl methyl sites for hydroxylation is 1. The van der Waals surface area contributed by atoms with E-state index in [1.807, 2.05) is 17.0 Å². The van der Waals surface area contributed by atoms with Crippen molar-refractivity contribution < 1.29 is 9.53 Å². The van der Waals surface area contributed by atoms with Crippen molar-refractivity contribution in [2.75, 3.05) is 39.8 Å². The third-order valence-electron chi connectivity index (χ3n) is 5.49. The van der Waals surface area contributed by atoms with Crippen LogP contribution in [0.2, 0.25) is 0 Å². The van der Waals surface area contributed by atoms with Crippen LogP contribution in [0, 0.1) is 0 Å². The first-order chi connectivity index (χ1) is 12.7. The van der Waals surface area contributed by atoms with Crippen LogP contribution >= 0.6 is 0 Å². The number of methoxy groups -OCH3 is 1. The maximum absolute atomic E-state index is 13.0. The average Bonchev–Trinajstić information content (AvgIpc) is 3.12. The maximum Gasteiger partial charge on any atom is 0.272 e. The predicted octanol–water partition coefficient (Wildman–Crippen LogP) is 2.35. The lowest BCUT2D eigenvalue weighted by molar-refractivity contribution is 0.0630. The molecule has 6 nitrogen and oxygen atoms in total. The van der Waals surface area contributed by atoms with Crippen LogP contribution in [-0.4, -0.2) is 65.7 Å².